The van der Waals surface area contributed by atoms with E-state index in [1.54, 1.807) is 7.05 Å². The summed E-state index contributed by atoms with van der Waals surface area (Å²) in [5.41, 5.74) is 1.84. The summed E-state index contributed by atoms with van der Waals surface area (Å²) >= 11 is 0. The van der Waals surface area contributed by atoms with Gasteiger partial charge >= 0.3 is 0 Å². The maximum Gasteiger partial charge on any atom is 0.251 e. The quantitative estimate of drug-likeness (QED) is 0.647. The summed E-state index contributed by atoms with van der Waals surface area (Å²) in [5.74, 6) is 0.477. The lowest BCUT2D eigenvalue weighted by Crippen LogP contribution is -2.23. The SMILES string of the molecule is CCCC(CCO)CNCc1ccc(C(=O)NC)cc1. The zero-order valence-corrected chi connectivity index (χ0v) is 12.5. The highest BCUT2D eigenvalue weighted by molar-refractivity contribution is 5.93. The first-order chi connectivity index (χ1) is 9.71. The van der Waals surface area contributed by atoms with Gasteiger partial charge in [-0.25, -0.2) is 0 Å². The molecule has 1 atom stereocenters. The average Bonchev–Trinajstić information content (AvgIpc) is 2.47. The molecule has 1 rings (SSSR count). The van der Waals surface area contributed by atoms with Crippen LogP contribution in [0.2, 0.25) is 0 Å². The first-order valence-corrected chi connectivity index (χ1v) is 7.33. The minimum Gasteiger partial charge on any atom is -0.396 e. The van der Waals surface area contributed by atoms with E-state index in [-0.39, 0.29) is 12.5 Å². The Morgan fingerprint density at radius 3 is 2.50 bits per heavy atom. The molecule has 0 heterocycles. The van der Waals surface area contributed by atoms with Crippen LogP contribution >= 0.6 is 0 Å². The summed E-state index contributed by atoms with van der Waals surface area (Å²) in [7, 11) is 1.63. The average molecular weight is 278 g/mol. The van der Waals surface area contributed by atoms with Crippen LogP contribution in [-0.4, -0.2) is 31.2 Å². The van der Waals surface area contributed by atoms with Crippen molar-refractivity contribution in [3.8, 4) is 0 Å². The van der Waals surface area contributed by atoms with Gasteiger partial charge in [0.15, 0.2) is 0 Å². The molecule has 0 aliphatic carbocycles. The van der Waals surface area contributed by atoms with Crippen LogP contribution in [0.5, 0.6) is 0 Å². The van der Waals surface area contributed by atoms with Gasteiger partial charge in [-0.1, -0.05) is 25.5 Å². The monoisotopic (exact) mass is 278 g/mol. The zero-order valence-electron chi connectivity index (χ0n) is 12.5. The largest absolute Gasteiger partial charge is 0.396 e. The van der Waals surface area contributed by atoms with Gasteiger partial charge < -0.3 is 15.7 Å². The second kappa shape index (κ2) is 9.50. The van der Waals surface area contributed by atoms with Crippen LogP contribution in [0.1, 0.15) is 42.1 Å². The normalized spacial score (nSPS) is 12.2. The molecule has 4 heteroatoms. The van der Waals surface area contributed by atoms with Gasteiger partial charge in [0.05, 0.1) is 0 Å². The third-order valence-corrected chi connectivity index (χ3v) is 3.44. The lowest BCUT2D eigenvalue weighted by Gasteiger charge is -2.15. The fraction of sp³-hybridized carbons (Fsp3) is 0.562. The number of aliphatic hydroxyl groups is 1. The number of hydrogen-bond donors (Lipinski definition) is 3. The second-order valence-corrected chi connectivity index (χ2v) is 5.07. The van der Waals surface area contributed by atoms with E-state index < -0.39 is 0 Å². The molecule has 0 aliphatic heterocycles. The number of benzene rings is 1. The molecule has 112 valence electrons. The molecule has 0 saturated carbocycles. The van der Waals surface area contributed by atoms with Crippen molar-refractivity contribution in [1.29, 1.82) is 0 Å². The van der Waals surface area contributed by atoms with Crippen molar-refractivity contribution in [3.05, 3.63) is 35.4 Å². The number of rotatable bonds is 9. The maximum atomic E-state index is 11.4. The molecule has 1 unspecified atom stereocenters. The standard InChI is InChI=1S/C16H26N2O2/c1-3-4-13(9-10-19)11-18-12-14-5-7-15(8-6-14)16(20)17-2/h5-8,13,18-19H,3-4,9-12H2,1-2H3,(H,17,20). The second-order valence-electron chi connectivity index (χ2n) is 5.07. The van der Waals surface area contributed by atoms with Crippen molar-refractivity contribution in [2.24, 2.45) is 5.92 Å². The fourth-order valence-electron chi connectivity index (χ4n) is 2.28. The first kappa shape index (κ1) is 16.7. The van der Waals surface area contributed by atoms with E-state index in [1.165, 1.54) is 0 Å². The van der Waals surface area contributed by atoms with Gasteiger partial charge in [0.1, 0.15) is 0 Å². The number of aliphatic hydroxyl groups excluding tert-OH is 1. The van der Waals surface area contributed by atoms with Crippen LogP contribution in [0, 0.1) is 5.92 Å². The predicted octanol–water partition coefficient (Wildman–Crippen LogP) is 1.93. The van der Waals surface area contributed by atoms with Gasteiger partial charge in [-0.2, -0.15) is 0 Å². The van der Waals surface area contributed by atoms with E-state index in [9.17, 15) is 4.79 Å². The van der Waals surface area contributed by atoms with E-state index in [2.05, 4.69) is 17.6 Å². The molecule has 0 aromatic heterocycles. The molecule has 0 bridgehead atoms. The number of carbonyl (C=O) groups is 1. The minimum absolute atomic E-state index is 0.0598. The molecule has 1 aromatic carbocycles. The van der Waals surface area contributed by atoms with Crippen molar-refractivity contribution in [3.63, 3.8) is 0 Å². The molecule has 1 aromatic rings. The van der Waals surface area contributed by atoms with Crippen molar-refractivity contribution in [1.82, 2.24) is 10.6 Å². The van der Waals surface area contributed by atoms with Gasteiger partial charge in [0.25, 0.3) is 5.91 Å². The van der Waals surface area contributed by atoms with E-state index in [0.29, 0.717) is 11.5 Å². The Morgan fingerprint density at radius 1 is 1.25 bits per heavy atom. The highest BCUT2D eigenvalue weighted by Crippen LogP contribution is 2.10. The summed E-state index contributed by atoms with van der Waals surface area (Å²) in [4.78, 5) is 11.4. The molecule has 1 amide bonds. The van der Waals surface area contributed by atoms with E-state index in [1.807, 2.05) is 24.3 Å². The molecule has 0 saturated heterocycles. The van der Waals surface area contributed by atoms with Crippen LogP contribution in [0.25, 0.3) is 0 Å². The molecule has 0 fully saturated rings. The van der Waals surface area contributed by atoms with Crippen LogP contribution in [0.15, 0.2) is 24.3 Å². The molecule has 0 radical (unpaired) electrons. The third kappa shape index (κ3) is 5.72. The lowest BCUT2D eigenvalue weighted by molar-refractivity contribution is 0.0963. The molecule has 0 aliphatic rings. The van der Waals surface area contributed by atoms with Crippen molar-refractivity contribution >= 4 is 5.91 Å². The van der Waals surface area contributed by atoms with E-state index in [0.717, 1.165) is 37.9 Å². The highest BCUT2D eigenvalue weighted by atomic mass is 16.3. The molecule has 4 nitrogen and oxygen atoms in total. The van der Waals surface area contributed by atoms with Gasteiger partial charge in [0.2, 0.25) is 0 Å². The Bertz CT molecular complexity index is 384. The van der Waals surface area contributed by atoms with Crippen molar-refractivity contribution < 1.29 is 9.90 Å². The van der Waals surface area contributed by atoms with Gasteiger partial charge in [-0.05, 0) is 43.0 Å². The number of amides is 1. The lowest BCUT2D eigenvalue weighted by atomic mass is 10.00. The Balaban J connectivity index is 2.39. The first-order valence-electron chi connectivity index (χ1n) is 7.33. The Labute approximate surface area is 121 Å². The zero-order chi connectivity index (χ0) is 14.8. The molecular weight excluding hydrogens is 252 g/mol. The number of nitrogens with one attached hydrogen (secondary N) is 2. The predicted molar refractivity (Wildman–Crippen MR) is 81.6 cm³/mol. The van der Waals surface area contributed by atoms with Gasteiger partial charge in [-0.15, -0.1) is 0 Å². The summed E-state index contributed by atoms with van der Waals surface area (Å²) in [6.07, 6.45) is 3.15. The summed E-state index contributed by atoms with van der Waals surface area (Å²) in [6.45, 7) is 4.14. The Hall–Kier alpha value is -1.39. The van der Waals surface area contributed by atoms with Crippen LogP contribution in [0.3, 0.4) is 0 Å². The molecule has 3 N–H and O–H groups in total. The van der Waals surface area contributed by atoms with Crippen LogP contribution in [0.4, 0.5) is 0 Å². The summed E-state index contributed by atoms with van der Waals surface area (Å²) in [6, 6.07) is 7.62. The molecule has 0 spiro atoms. The van der Waals surface area contributed by atoms with Crippen molar-refractivity contribution in [2.75, 3.05) is 20.2 Å². The van der Waals surface area contributed by atoms with Gasteiger partial charge in [-0.3, -0.25) is 4.79 Å². The summed E-state index contributed by atoms with van der Waals surface area (Å²) < 4.78 is 0. The smallest absolute Gasteiger partial charge is 0.251 e. The van der Waals surface area contributed by atoms with E-state index in [4.69, 9.17) is 5.11 Å². The fourth-order valence-corrected chi connectivity index (χ4v) is 2.28. The minimum atomic E-state index is -0.0598. The van der Waals surface area contributed by atoms with Crippen molar-refractivity contribution in [2.45, 2.75) is 32.7 Å². The van der Waals surface area contributed by atoms with E-state index >= 15 is 0 Å². The third-order valence-electron chi connectivity index (χ3n) is 3.44. The Kier molecular flexibility index (Phi) is 7.92. The maximum absolute atomic E-state index is 11.4. The number of carbonyl (C=O) groups excluding carboxylic acids is 1. The molecular formula is C16H26N2O2. The van der Waals surface area contributed by atoms with Crippen LogP contribution < -0.4 is 10.6 Å². The molecule has 20 heavy (non-hydrogen) atoms. The summed E-state index contributed by atoms with van der Waals surface area (Å²) in [5, 5.41) is 15.1. The topological polar surface area (TPSA) is 61.4 Å². The number of hydrogen-bond acceptors (Lipinski definition) is 3. The van der Waals surface area contributed by atoms with Gasteiger partial charge in [0, 0.05) is 25.8 Å². The Morgan fingerprint density at radius 2 is 1.95 bits per heavy atom. The highest BCUT2D eigenvalue weighted by Gasteiger charge is 2.07. The van der Waals surface area contributed by atoms with Crippen LogP contribution in [-0.2, 0) is 6.54 Å².